The Kier molecular flexibility index (Phi) is 8.50. The molecule has 0 spiro atoms. The fourth-order valence-corrected chi connectivity index (χ4v) is 2.65. The molecular weight excluding hydrogens is 342 g/mol. The highest BCUT2D eigenvalue weighted by molar-refractivity contribution is 5.96. The van der Waals surface area contributed by atoms with Crippen LogP contribution < -0.4 is 16.4 Å². The van der Waals surface area contributed by atoms with Crippen molar-refractivity contribution in [3.05, 3.63) is 41.5 Å². The van der Waals surface area contributed by atoms with E-state index in [1.807, 2.05) is 45.0 Å². The van der Waals surface area contributed by atoms with Crippen LogP contribution in [-0.2, 0) is 20.9 Å². The second kappa shape index (κ2) is 10.1. The van der Waals surface area contributed by atoms with Gasteiger partial charge in [-0.3, -0.25) is 9.59 Å². The van der Waals surface area contributed by atoms with Crippen molar-refractivity contribution in [2.45, 2.75) is 59.7 Å². The first-order valence-electron chi connectivity index (χ1n) is 9.27. The van der Waals surface area contributed by atoms with Crippen LogP contribution in [0.4, 0.5) is 5.69 Å². The zero-order valence-corrected chi connectivity index (χ0v) is 17.3. The number of carbonyl (C=O) groups is 2. The number of rotatable bonds is 8. The predicted octanol–water partition coefficient (Wildman–Crippen LogP) is 2.79. The number of benzene rings is 1. The minimum atomic E-state index is -0.577. The molecule has 0 bridgehead atoms. The van der Waals surface area contributed by atoms with E-state index in [0.717, 1.165) is 11.3 Å². The van der Waals surface area contributed by atoms with Gasteiger partial charge in [-0.15, -0.1) is 0 Å². The summed E-state index contributed by atoms with van der Waals surface area (Å²) >= 11 is 0. The van der Waals surface area contributed by atoms with Crippen LogP contribution in [0, 0.1) is 5.92 Å². The minimum Gasteiger partial charge on any atom is -0.459 e. The molecule has 150 valence electrons. The van der Waals surface area contributed by atoms with Gasteiger partial charge in [0.15, 0.2) is 0 Å². The lowest BCUT2D eigenvalue weighted by Gasteiger charge is -2.25. The van der Waals surface area contributed by atoms with Crippen LogP contribution in [0.3, 0.4) is 0 Å². The molecule has 1 amide bonds. The van der Waals surface area contributed by atoms with Gasteiger partial charge in [-0.05, 0) is 51.3 Å². The molecule has 0 aliphatic rings. The Bertz CT molecular complexity index is 658. The molecule has 1 aromatic rings. The number of amides is 1. The van der Waals surface area contributed by atoms with E-state index in [1.54, 1.807) is 26.8 Å². The molecule has 0 heterocycles. The third-order valence-corrected chi connectivity index (χ3v) is 3.89. The second-order valence-corrected chi connectivity index (χ2v) is 7.86. The lowest BCUT2D eigenvalue weighted by Crippen LogP contribution is -2.43. The molecule has 1 aromatic carbocycles. The molecule has 1 rings (SSSR count). The molecule has 27 heavy (non-hydrogen) atoms. The number of nitrogen functional groups attached to an aromatic ring is 1. The molecule has 4 N–H and O–H groups in total. The summed E-state index contributed by atoms with van der Waals surface area (Å²) < 4.78 is 5.23. The highest BCUT2D eigenvalue weighted by Crippen LogP contribution is 2.15. The normalized spacial score (nSPS) is 13.4. The number of esters is 1. The number of nitrogens with two attached hydrogens (primary N) is 1. The number of carbonyl (C=O) groups excluding carboxylic acids is 2. The van der Waals surface area contributed by atoms with Crippen LogP contribution >= 0.6 is 0 Å². The standard InChI is InChI=1S/C21H33N3O3/c1-7-17(20(26)24-13-18(25)27-21(4,5)6)19(14(2)3)23-12-15-8-10-16(22)11-9-15/h7-11,14,19,23H,12-13,22H2,1-6H3,(H,24,26)/b17-7-/t19-/m1/s1. The molecule has 6 nitrogen and oxygen atoms in total. The topological polar surface area (TPSA) is 93.5 Å². The van der Waals surface area contributed by atoms with E-state index in [2.05, 4.69) is 10.6 Å². The molecule has 1 atom stereocenters. The van der Waals surface area contributed by atoms with Crippen molar-refractivity contribution < 1.29 is 14.3 Å². The van der Waals surface area contributed by atoms with Crippen molar-refractivity contribution in [2.24, 2.45) is 5.92 Å². The fourth-order valence-electron chi connectivity index (χ4n) is 2.65. The molecule has 6 heteroatoms. The maximum atomic E-state index is 12.6. The number of anilines is 1. The summed E-state index contributed by atoms with van der Waals surface area (Å²) in [7, 11) is 0. The van der Waals surface area contributed by atoms with Crippen molar-refractivity contribution >= 4 is 17.6 Å². The first-order valence-corrected chi connectivity index (χ1v) is 9.27. The lowest BCUT2D eigenvalue weighted by atomic mass is 9.94. The van der Waals surface area contributed by atoms with Crippen molar-refractivity contribution in [2.75, 3.05) is 12.3 Å². The Morgan fingerprint density at radius 1 is 1.19 bits per heavy atom. The van der Waals surface area contributed by atoms with Gasteiger partial charge >= 0.3 is 5.97 Å². The first kappa shape index (κ1) is 22.7. The Morgan fingerprint density at radius 2 is 1.78 bits per heavy atom. The molecule has 0 saturated heterocycles. The van der Waals surface area contributed by atoms with Crippen LogP contribution in [0.25, 0.3) is 0 Å². The molecule has 0 saturated carbocycles. The smallest absolute Gasteiger partial charge is 0.325 e. The number of allylic oxidation sites excluding steroid dienone is 1. The van der Waals surface area contributed by atoms with Gasteiger partial charge in [-0.2, -0.15) is 0 Å². The van der Waals surface area contributed by atoms with Crippen LogP contribution in [-0.4, -0.2) is 30.1 Å². The largest absolute Gasteiger partial charge is 0.459 e. The van der Waals surface area contributed by atoms with Gasteiger partial charge in [0.2, 0.25) is 5.91 Å². The fraction of sp³-hybridized carbons (Fsp3) is 0.524. The molecule has 0 aliphatic carbocycles. The zero-order chi connectivity index (χ0) is 20.6. The molecule has 0 aliphatic heterocycles. The monoisotopic (exact) mass is 375 g/mol. The van der Waals surface area contributed by atoms with Gasteiger partial charge in [0, 0.05) is 23.8 Å². The van der Waals surface area contributed by atoms with Gasteiger partial charge in [0.1, 0.15) is 12.1 Å². The maximum absolute atomic E-state index is 12.6. The highest BCUT2D eigenvalue weighted by Gasteiger charge is 2.24. The third kappa shape index (κ3) is 8.26. The quantitative estimate of drug-likeness (QED) is 0.369. The van der Waals surface area contributed by atoms with Gasteiger partial charge in [-0.25, -0.2) is 0 Å². The van der Waals surface area contributed by atoms with Crippen LogP contribution in [0.1, 0.15) is 47.1 Å². The lowest BCUT2D eigenvalue weighted by molar-refractivity contribution is -0.154. The third-order valence-electron chi connectivity index (χ3n) is 3.89. The Balaban J connectivity index is 2.71. The van der Waals surface area contributed by atoms with E-state index in [4.69, 9.17) is 10.5 Å². The zero-order valence-electron chi connectivity index (χ0n) is 17.3. The van der Waals surface area contributed by atoms with Crippen molar-refractivity contribution in [1.29, 1.82) is 0 Å². The summed E-state index contributed by atoms with van der Waals surface area (Å²) in [5.41, 5.74) is 7.54. The number of hydrogen-bond donors (Lipinski definition) is 3. The van der Waals surface area contributed by atoms with Gasteiger partial charge in [-0.1, -0.05) is 32.1 Å². The van der Waals surface area contributed by atoms with E-state index in [-0.39, 0.29) is 24.4 Å². The predicted molar refractivity (Wildman–Crippen MR) is 109 cm³/mol. The van der Waals surface area contributed by atoms with Gasteiger partial charge in [0.05, 0.1) is 0 Å². The number of hydrogen-bond acceptors (Lipinski definition) is 5. The van der Waals surface area contributed by atoms with E-state index < -0.39 is 11.6 Å². The average molecular weight is 376 g/mol. The van der Waals surface area contributed by atoms with Crippen LogP contribution in [0.15, 0.2) is 35.9 Å². The summed E-state index contributed by atoms with van der Waals surface area (Å²) in [6, 6.07) is 7.47. The van der Waals surface area contributed by atoms with E-state index in [1.165, 1.54) is 0 Å². The van der Waals surface area contributed by atoms with Gasteiger partial charge in [0.25, 0.3) is 0 Å². The summed E-state index contributed by atoms with van der Waals surface area (Å²) in [6.07, 6.45) is 1.78. The minimum absolute atomic E-state index is 0.147. The van der Waals surface area contributed by atoms with Crippen molar-refractivity contribution in [1.82, 2.24) is 10.6 Å². The summed E-state index contributed by atoms with van der Waals surface area (Å²) in [5, 5.41) is 6.09. The number of nitrogens with one attached hydrogen (secondary N) is 2. The van der Waals surface area contributed by atoms with E-state index in [9.17, 15) is 9.59 Å². The SMILES string of the molecule is C/C=C(\C(=O)NCC(=O)OC(C)(C)C)[C@H](NCc1ccc(N)cc1)C(C)C. The molecular formula is C21H33N3O3. The van der Waals surface area contributed by atoms with Crippen LogP contribution in [0.5, 0.6) is 0 Å². The molecule has 0 unspecified atom stereocenters. The Morgan fingerprint density at radius 3 is 2.26 bits per heavy atom. The maximum Gasteiger partial charge on any atom is 0.325 e. The first-order chi connectivity index (χ1) is 12.5. The van der Waals surface area contributed by atoms with Crippen LogP contribution in [0.2, 0.25) is 0 Å². The summed E-state index contributed by atoms with van der Waals surface area (Å²) in [4.78, 5) is 24.4. The number of ether oxygens (including phenoxy) is 1. The molecule has 0 fully saturated rings. The second-order valence-electron chi connectivity index (χ2n) is 7.86. The average Bonchev–Trinajstić information content (AvgIpc) is 2.56. The Hall–Kier alpha value is -2.34. The molecule has 0 aromatic heterocycles. The van der Waals surface area contributed by atoms with E-state index >= 15 is 0 Å². The summed E-state index contributed by atoms with van der Waals surface area (Å²) in [5.74, 6) is -0.536. The van der Waals surface area contributed by atoms with Crippen molar-refractivity contribution in [3.63, 3.8) is 0 Å². The molecule has 0 radical (unpaired) electrons. The highest BCUT2D eigenvalue weighted by atomic mass is 16.6. The summed E-state index contributed by atoms with van der Waals surface area (Å²) in [6.45, 7) is 11.7. The Labute approximate surface area is 162 Å². The van der Waals surface area contributed by atoms with E-state index in [0.29, 0.717) is 12.1 Å². The van der Waals surface area contributed by atoms with Gasteiger partial charge < -0.3 is 21.1 Å². The van der Waals surface area contributed by atoms with Crippen molar-refractivity contribution in [3.8, 4) is 0 Å².